The molecule has 0 bridgehead atoms. The van der Waals surface area contributed by atoms with Crippen LogP contribution in [0.3, 0.4) is 0 Å². The number of aliphatic hydroxyl groups is 1. The summed E-state index contributed by atoms with van der Waals surface area (Å²) in [5.41, 5.74) is -0.0387. The van der Waals surface area contributed by atoms with E-state index in [1.165, 1.54) is 12.8 Å². The van der Waals surface area contributed by atoms with Crippen LogP contribution in [-0.2, 0) is 4.74 Å². The van der Waals surface area contributed by atoms with Gasteiger partial charge in [0.05, 0.1) is 6.10 Å². The van der Waals surface area contributed by atoms with Gasteiger partial charge in [0.2, 0.25) is 0 Å². The van der Waals surface area contributed by atoms with Crippen molar-refractivity contribution in [2.75, 3.05) is 7.11 Å². The topological polar surface area (TPSA) is 29.5 Å². The Labute approximate surface area is 175 Å². The van der Waals surface area contributed by atoms with Gasteiger partial charge in [-0.15, -0.1) is 0 Å². The van der Waals surface area contributed by atoms with Crippen molar-refractivity contribution in [3.05, 3.63) is 0 Å². The first-order chi connectivity index (χ1) is 13.6. The van der Waals surface area contributed by atoms with E-state index in [2.05, 4.69) is 13.8 Å². The molecule has 0 radical (unpaired) electrons. The van der Waals surface area contributed by atoms with Crippen LogP contribution in [0, 0.1) is 40.4 Å². The van der Waals surface area contributed by atoms with Gasteiger partial charge in [-0.05, 0) is 98.2 Å². The lowest BCUT2D eigenvalue weighted by Gasteiger charge is -2.61. The van der Waals surface area contributed by atoms with Crippen molar-refractivity contribution >= 4 is 0 Å². The van der Waals surface area contributed by atoms with Gasteiger partial charge in [0, 0.05) is 7.11 Å². The lowest BCUT2D eigenvalue weighted by atomic mass is 9.44. The second kappa shape index (κ2) is 8.33. The number of methoxy groups -OCH3 is 1. The fourth-order valence-electron chi connectivity index (χ4n) is 8.22. The van der Waals surface area contributed by atoms with Crippen LogP contribution in [0.15, 0.2) is 0 Å². The molecule has 0 aromatic carbocycles. The van der Waals surface area contributed by atoms with E-state index in [9.17, 15) is 18.3 Å². The van der Waals surface area contributed by atoms with E-state index in [0.29, 0.717) is 41.6 Å². The standard InChI is InChI=1S/C22H35F3O2.C2H6/c1-20-10-8-14(27-3)12-13(20)4-5-15-16-6-7-18(19(26)22(23,24)25)21(16,2)11-9-17(15)20;1-2/h13-19,26H,4-12H2,1-3H3;1-2H3. The minimum absolute atomic E-state index is 0.319. The van der Waals surface area contributed by atoms with Gasteiger partial charge in [0.25, 0.3) is 0 Å². The SMILES string of the molecule is CC.COC1CCC2(C)C(CCC3C2CCC2(C)C3CCC2C(O)C(F)(F)F)C1. The molecule has 2 nitrogen and oxygen atoms in total. The summed E-state index contributed by atoms with van der Waals surface area (Å²) < 4.78 is 45.4. The Kier molecular flexibility index (Phi) is 6.72. The minimum atomic E-state index is -4.50. The summed E-state index contributed by atoms with van der Waals surface area (Å²) in [6.45, 7) is 8.51. The third-order valence-corrected chi connectivity index (χ3v) is 9.74. The highest BCUT2D eigenvalue weighted by atomic mass is 19.4. The van der Waals surface area contributed by atoms with Crippen LogP contribution in [-0.4, -0.2) is 30.6 Å². The number of ether oxygens (including phenoxy) is 1. The van der Waals surface area contributed by atoms with Crippen molar-refractivity contribution in [1.82, 2.24) is 0 Å². The van der Waals surface area contributed by atoms with E-state index in [-0.39, 0.29) is 5.41 Å². The Balaban J connectivity index is 0.00000117. The van der Waals surface area contributed by atoms with Crippen molar-refractivity contribution in [1.29, 1.82) is 0 Å². The number of fused-ring (bicyclic) bond motifs is 5. The van der Waals surface area contributed by atoms with E-state index >= 15 is 0 Å². The van der Waals surface area contributed by atoms with Crippen molar-refractivity contribution in [2.24, 2.45) is 40.4 Å². The molecule has 4 rings (SSSR count). The molecule has 0 saturated heterocycles. The van der Waals surface area contributed by atoms with E-state index in [0.717, 1.165) is 38.5 Å². The molecule has 0 amide bonds. The van der Waals surface area contributed by atoms with E-state index in [4.69, 9.17) is 4.74 Å². The van der Waals surface area contributed by atoms with E-state index < -0.39 is 18.2 Å². The quantitative estimate of drug-likeness (QED) is 0.547. The van der Waals surface area contributed by atoms with Crippen LogP contribution in [0.5, 0.6) is 0 Å². The Morgan fingerprint density at radius 3 is 2.14 bits per heavy atom. The number of aliphatic hydroxyl groups excluding tert-OH is 1. The zero-order chi connectivity index (χ0) is 21.6. The molecule has 9 unspecified atom stereocenters. The molecular formula is C24H41F3O2. The molecule has 9 atom stereocenters. The third-order valence-electron chi connectivity index (χ3n) is 9.74. The Morgan fingerprint density at radius 1 is 0.897 bits per heavy atom. The number of hydrogen-bond donors (Lipinski definition) is 1. The van der Waals surface area contributed by atoms with Crippen molar-refractivity contribution < 1.29 is 23.0 Å². The molecule has 1 N–H and O–H groups in total. The monoisotopic (exact) mass is 418 g/mol. The van der Waals surface area contributed by atoms with Crippen LogP contribution < -0.4 is 0 Å². The maximum absolute atomic E-state index is 13.3. The molecule has 0 heterocycles. The van der Waals surface area contributed by atoms with Crippen LogP contribution in [0.1, 0.15) is 85.5 Å². The molecule has 0 aromatic rings. The van der Waals surface area contributed by atoms with Gasteiger partial charge in [0.15, 0.2) is 6.10 Å². The zero-order valence-corrected chi connectivity index (χ0v) is 18.9. The van der Waals surface area contributed by atoms with Crippen molar-refractivity contribution in [3.8, 4) is 0 Å². The summed E-state index contributed by atoms with van der Waals surface area (Å²) in [6.07, 6.45) is 2.77. The second-order valence-corrected chi connectivity index (χ2v) is 10.5. The van der Waals surface area contributed by atoms with Gasteiger partial charge in [-0.2, -0.15) is 13.2 Å². The highest BCUT2D eigenvalue weighted by Gasteiger charge is 2.63. The molecule has 29 heavy (non-hydrogen) atoms. The molecule has 0 aliphatic heterocycles. The van der Waals surface area contributed by atoms with E-state index in [1.54, 1.807) is 0 Å². The molecule has 0 aromatic heterocycles. The van der Waals surface area contributed by atoms with Gasteiger partial charge in [-0.1, -0.05) is 27.7 Å². The maximum atomic E-state index is 13.3. The van der Waals surface area contributed by atoms with Crippen LogP contribution >= 0.6 is 0 Å². The first-order valence-electron chi connectivity index (χ1n) is 11.9. The average molecular weight is 419 g/mol. The molecule has 4 aliphatic carbocycles. The second-order valence-electron chi connectivity index (χ2n) is 10.5. The predicted molar refractivity (Wildman–Crippen MR) is 109 cm³/mol. The first kappa shape index (κ1) is 23.4. The molecule has 4 saturated carbocycles. The van der Waals surface area contributed by atoms with Crippen molar-refractivity contribution in [3.63, 3.8) is 0 Å². The zero-order valence-electron chi connectivity index (χ0n) is 18.9. The highest BCUT2D eigenvalue weighted by Crippen LogP contribution is 2.68. The third kappa shape index (κ3) is 3.77. The minimum Gasteiger partial charge on any atom is -0.383 e. The molecule has 4 fully saturated rings. The molecule has 4 aliphatic rings. The van der Waals surface area contributed by atoms with Gasteiger partial charge in [-0.25, -0.2) is 0 Å². The fourth-order valence-corrected chi connectivity index (χ4v) is 8.22. The average Bonchev–Trinajstić information content (AvgIpc) is 3.04. The summed E-state index contributed by atoms with van der Waals surface area (Å²) in [6, 6.07) is 0. The first-order valence-corrected chi connectivity index (χ1v) is 11.9. The number of hydrogen-bond acceptors (Lipinski definition) is 2. The molecule has 170 valence electrons. The largest absolute Gasteiger partial charge is 0.414 e. The van der Waals surface area contributed by atoms with Crippen LogP contribution in [0.2, 0.25) is 0 Å². The lowest BCUT2D eigenvalue weighted by molar-refractivity contribution is -0.235. The highest BCUT2D eigenvalue weighted by molar-refractivity contribution is 5.10. The van der Waals surface area contributed by atoms with Gasteiger partial charge < -0.3 is 9.84 Å². The molecule has 5 heteroatoms. The number of rotatable bonds is 2. The van der Waals surface area contributed by atoms with Gasteiger partial charge in [-0.3, -0.25) is 0 Å². The Morgan fingerprint density at radius 2 is 1.52 bits per heavy atom. The van der Waals surface area contributed by atoms with Crippen molar-refractivity contribution in [2.45, 2.75) is 104 Å². The van der Waals surface area contributed by atoms with Crippen LogP contribution in [0.4, 0.5) is 13.2 Å². The summed E-state index contributed by atoms with van der Waals surface area (Å²) in [5.74, 6) is 1.58. The lowest BCUT2D eigenvalue weighted by Crippen LogP contribution is -2.55. The Hall–Kier alpha value is -0.290. The summed E-state index contributed by atoms with van der Waals surface area (Å²) in [7, 11) is 1.82. The normalized spacial score (nSPS) is 47.9. The van der Waals surface area contributed by atoms with E-state index in [1.807, 2.05) is 21.0 Å². The molecule has 0 spiro atoms. The smallest absolute Gasteiger partial charge is 0.383 e. The molecular weight excluding hydrogens is 377 g/mol. The maximum Gasteiger partial charge on any atom is 0.414 e. The fraction of sp³-hybridized carbons (Fsp3) is 1.00. The number of halogens is 3. The Bertz CT molecular complexity index is 565. The van der Waals surface area contributed by atoms with Gasteiger partial charge >= 0.3 is 6.18 Å². The summed E-state index contributed by atoms with van der Waals surface area (Å²) >= 11 is 0. The van der Waals surface area contributed by atoms with Gasteiger partial charge in [0.1, 0.15) is 0 Å². The predicted octanol–water partition coefficient (Wildman–Crippen LogP) is 6.61. The van der Waals surface area contributed by atoms with Crippen LogP contribution in [0.25, 0.3) is 0 Å². The number of alkyl halides is 3. The summed E-state index contributed by atoms with van der Waals surface area (Å²) in [5, 5.41) is 10.0. The summed E-state index contributed by atoms with van der Waals surface area (Å²) in [4.78, 5) is 0.